The Labute approximate surface area is 159 Å². The summed E-state index contributed by atoms with van der Waals surface area (Å²) in [6.07, 6.45) is 0.192. The number of hydrogen-bond donors (Lipinski definition) is 1. The van der Waals surface area contributed by atoms with E-state index < -0.39 is 5.92 Å². The fourth-order valence-electron chi connectivity index (χ4n) is 3.36. The van der Waals surface area contributed by atoms with Crippen LogP contribution in [0.5, 0.6) is 11.5 Å². The molecule has 1 fully saturated rings. The van der Waals surface area contributed by atoms with Gasteiger partial charge in [0.15, 0.2) is 0 Å². The van der Waals surface area contributed by atoms with E-state index in [1.807, 2.05) is 32.0 Å². The number of hydrogen-bond acceptors (Lipinski definition) is 4. The van der Waals surface area contributed by atoms with Crippen molar-refractivity contribution in [3.63, 3.8) is 0 Å². The monoisotopic (exact) mass is 368 g/mol. The minimum absolute atomic E-state index is 0.0381. The second kappa shape index (κ2) is 7.70. The van der Waals surface area contributed by atoms with Crippen molar-refractivity contribution in [1.82, 2.24) is 0 Å². The molecule has 6 nitrogen and oxygen atoms in total. The lowest BCUT2D eigenvalue weighted by atomic mass is 10.1. The zero-order valence-electron chi connectivity index (χ0n) is 16.0. The SMILES string of the molecule is COc1ccc(NC(=O)[C@H]2CC(=O)N(c3ccc(C)cc3C)C2)c(OC)c1. The van der Waals surface area contributed by atoms with Gasteiger partial charge >= 0.3 is 0 Å². The summed E-state index contributed by atoms with van der Waals surface area (Å²) in [6, 6.07) is 11.1. The van der Waals surface area contributed by atoms with Crippen LogP contribution >= 0.6 is 0 Å². The lowest BCUT2D eigenvalue weighted by Crippen LogP contribution is -2.28. The highest BCUT2D eigenvalue weighted by Gasteiger charge is 2.36. The van der Waals surface area contributed by atoms with Crippen LogP contribution in [-0.2, 0) is 9.59 Å². The van der Waals surface area contributed by atoms with E-state index in [-0.39, 0.29) is 18.2 Å². The first-order valence-corrected chi connectivity index (χ1v) is 8.83. The maximum atomic E-state index is 12.7. The summed E-state index contributed by atoms with van der Waals surface area (Å²) < 4.78 is 10.5. The van der Waals surface area contributed by atoms with Gasteiger partial charge in [0.2, 0.25) is 11.8 Å². The molecule has 3 rings (SSSR count). The topological polar surface area (TPSA) is 67.9 Å². The van der Waals surface area contributed by atoms with Crippen LogP contribution in [0.15, 0.2) is 36.4 Å². The van der Waals surface area contributed by atoms with Gasteiger partial charge in [0.25, 0.3) is 0 Å². The zero-order valence-corrected chi connectivity index (χ0v) is 16.0. The van der Waals surface area contributed by atoms with E-state index in [0.717, 1.165) is 16.8 Å². The summed E-state index contributed by atoms with van der Waals surface area (Å²) in [5.74, 6) is 0.507. The van der Waals surface area contributed by atoms with E-state index >= 15 is 0 Å². The molecule has 1 aliphatic heterocycles. The Bertz CT molecular complexity index is 878. The Balaban J connectivity index is 1.74. The summed E-state index contributed by atoms with van der Waals surface area (Å²) in [5.41, 5.74) is 3.59. The van der Waals surface area contributed by atoms with Crippen LogP contribution in [0.1, 0.15) is 17.5 Å². The van der Waals surface area contributed by atoms with Gasteiger partial charge in [-0.2, -0.15) is 0 Å². The highest BCUT2D eigenvalue weighted by atomic mass is 16.5. The third-order valence-electron chi connectivity index (χ3n) is 4.81. The molecule has 27 heavy (non-hydrogen) atoms. The predicted molar refractivity (Wildman–Crippen MR) is 105 cm³/mol. The fourth-order valence-corrected chi connectivity index (χ4v) is 3.36. The molecule has 0 unspecified atom stereocenters. The second-order valence-corrected chi connectivity index (χ2v) is 6.75. The first-order valence-electron chi connectivity index (χ1n) is 8.83. The van der Waals surface area contributed by atoms with Gasteiger partial charge in [0.1, 0.15) is 11.5 Å². The minimum Gasteiger partial charge on any atom is -0.497 e. The molecule has 2 aromatic rings. The Morgan fingerprint density at radius 2 is 1.89 bits per heavy atom. The molecular weight excluding hydrogens is 344 g/mol. The van der Waals surface area contributed by atoms with Crippen molar-refractivity contribution < 1.29 is 19.1 Å². The number of methoxy groups -OCH3 is 2. The average molecular weight is 368 g/mol. The van der Waals surface area contributed by atoms with E-state index in [1.54, 1.807) is 30.2 Å². The fraction of sp³-hybridized carbons (Fsp3) is 0.333. The number of rotatable bonds is 5. The summed E-state index contributed by atoms with van der Waals surface area (Å²) >= 11 is 0. The van der Waals surface area contributed by atoms with Gasteiger partial charge in [-0.15, -0.1) is 0 Å². The third-order valence-corrected chi connectivity index (χ3v) is 4.81. The molecule has 0 spiro atoms. The van der Waals surface area contributed by atoms with Crippen LogP contribution in [0.25, 0.3) is 0 Å². The van der Waals surface area contributed by atoms with Gasteiger partial charge in [-0.25, -0.2) is 0 Å². The molecule has 0 bridgehead atoms. The Kier molecular flexibility index (Phi) is 5.35. The normalized spacial score (nSPS) is 16.4. The first-order chi connectivity index (χ1) is 12.9. The van der Waals surface area contributed by atoms with Crippen molar-refractivity contribution in [3.05, 3.63) is 47.5 Å². The Hall–Kier alpha value is -3.02. The van der Waals surface area contributed by atoms with Crippen molar-refractivity contribution >= 4 is 23.2 Å². The molecular formula is C21H24N2O4. The van der Waals surface area contributed by atoms with Gasteiger partial charge in [0.05, 0.1) is 25.8 Å². The molecule has 6 heteroatoms. The van der Waals surface area contributed by atoms with Crippen molar-refractivity contribution in [2.45, 2.75) is 20.3 Å². The van der Waals surface area contributed by atoms with Crippen LogP contribution in [0, 0.1) is 19.8 Å². The van der Waals surface area contributed by atoms with Gasteiger partial charge in [0, 0.05) is 24.7 Å². The molecule has 1 heterocycles. The predicted octanol–water partition coefficient (Wildman–Crippen LogP) is 3.31. The molecule has 0 aliphatic carbocycles. The number of nitrogens with one attached hydrogen (secondary N) is 1. The Morgan fingerprint density at radius 1 is 1.11 bits per heavy atom. The van der Waals surface area contributed by atoms with Crippen LogP contribution in [0.3, 0.4) is 0 Å². The van der Waals surface area contributed by atoms with E-state index in [9.17, 15) is 9.59 Å². The first kappa shape index (κ1) is 18.8. The number of anilines is 2. The van der Waals surface area contributed by atoms with Crippen molar-refractivity contribution in [2.75, 3.05) is 31.0 Å². The lowest BCUT2D eigenvalue weighted by molar-refractivity contribution is -0.122. The van der Waals surface area contributed by atoms with Crippen molar-refractivity contribution in [1.29, 1.82) is 0 Å². The highest BCUT2D eigenvalue weighted by Crippen LogP contribution is 2.32. The molecule has 142 valence electrons. The third kappa shape index (κ3) is 3.89. The molecule has 1 N–H and O–H groups in total. The standard InChI is InChI=1S/C21H24N2O4/c1-13-5-8-18(14(2)9-13)23-12-15(10-20(23)24)21(25)22-17-7-6-16(26-3)11-19(17)27-4/h5-9,11,15H,10,12H2,1-4H3,(H,22,25)/t15-/m0/s1. The van der Waals surface area contributed by atoms with Gasteiger partial charge < -0.3 is 19.7 Å². The van der Waals surface area contributed by atoms with E-state index in [0.29, 0.717) is 23.7 Å². The van der Waals surface area contributed by atoms with Gasteiger partial charge in [-0.1, -0.05) is 17.7 Å². The molecule has 2 aromatic carbocycles. The van der Waals surface area contributed by atoms with E-state index in [1.165, 1.54) is 7.11 Å². The number of ether oxygens (including phenoxy) is 2. The second-order valence-electron chi connectivity index (χ2n) is 6.75. The van der Waals surface area contributed by atoms with E-state index in [4.69, 9.17) is 9.47 Å². The number of carbonyl (C=O) groups excluding carboxylic acids is 2. The van der Waals surface area contributed by atoms with Crippen LogP contribution in [0.2, 0.25) is 0 Å². The number of aryl methyl sites for hydroxylation is 2. The summed E-state index contributed by atoms with van der Waals surface area (Å²) in [7, 11) is 3.10. The van der Waals surface area contributed by atoms with Crippen molar-refractivity contribution in [3.8, 4) is 11.5 Å². The largest absolute Gasteiger partial charge is 0.497 e. The molecule has 2 amide bonds. The lowest BCUT2D eigenvalue weighted by Gasteiger charge is -2.19. The minimum atomic E-state index is -0.412. The van der Waals surface area contributed by atoms with E-state index in [2.05, 4.69) is 5.32 Å². The number of carbonyl (C=O) groups is 2. The highest BCUT2D eigenvalue weighted by molar-refractivity contribution is 6.04. The summed E-state index contributed by atoms with van der Waals surface area (Å²) in [4.78, 5) is 26.9. The van der Waals surface area contributed by atoms with Crippen LogP contribution < -0.4 is 19.7 Å². The molecule has 1 saturated heterocycles. The molecule has 0 aromatic heterocycles. The van der Waals surface area contributed by atoms with Crippen LogP contribution in [0.4, 0.5) is 11.4 Å². The summed E-state index contributed by atoms with van der Waals surface area (Å²) in [6.45, 7) is 4.36. The smallest absolute Gasteiger partial charge is 0.229 e. The summed E-state index contributed by atoms with van der Waals surface area (Å²) in [5, 5.41) is 2.87. The maximum absolute atomic E-state index is 12.7. The van der Waals surface area contributed by atoms with Crippen LogP contribution in [-0.4, -0.2) is 32.6 Å². The Morgan fingerprint density at radius 3 is 2.56 bits per heavy atom. The molecule has 1 aliphatic rings. The van der Waals surface area contributed by atoms with Gasteiger partial charge in [-0.3, -0.25) is 9.59 Å². The quantitative estimate of drug-likeness (QED) is 0.879. The number of benzene rings is 2. The average Bonchev–Trinajstić information content (AvgIpc) is 3.03. The zero-order chi connectivity index (χ0) is 19.6. The molecule has 0 saturated carbocycles. The maximum Gasteiger partial charge on any atom is 0.229 e. The number of nitrogens with zero attached hydrogens (tertiary/aromatic N) is 1. The molecule has 1 atom stereocenters. The molecule has 0 radical (unpaired) electrons. The number of amides is 2. The van der Waals surface area contributed by atoms with Gasteiger partial charge in [-0.05, 0) is 37.6 Å². The van der Waals surface area contributed by atoms with Crippen molar-refractivity contribution in [2.24, 2.45) is 5.92 Å².